The first-order valence-corrected chi connectivity index (χ1v) is 6.89. The maximum absolute atomic E-state index is 12.7. The van der Waals surface area contributed by atoms with Gasteiger partial charge in [-0.15, -0.1) is 0 Å². The lowest BCUT2D eigenvalue weighted by atomic mass is 10.1. The van der Waals surface area contributed by atoms with Crippen LogP contribution in [0.1, 0.15) is 22.8 Å². The number of methoxy groups -OCH3 is 1. The number of ether oxygens (including phenoxy) is 1. The summed E-state index contributed by atoms with van der Waals surface area (Å²) >= 11 is 0. The molecule has 2 aromatic carbocycles. The van der Waals surface area contributed by atoms with Crippen LogP contribution in [0, 0.1) is 6.92 Å². The monoisotopic (exact) mass is 284 g/mol. The molecular weight excluding hydrogens is 264 g/mol. The maximum atomic E-state index is 12.7. The number of carbonyl (C=O) groups excluding carboxylic acids is 1. The molecule has 4 nitrogen and oxygen atoms in total. The largest absolute Gasteiger partial charge is 0.495 e. The molecule has 0 fully saturated rings. The van der Waals surface area contributed by atoms with E-state index >= 15 is 0 Å². The number of benzene rings is 2. The highest BCUT2D eigenvalue weighted by molar-refractivity contribution is 6.06. The lowest BCUT2D eigenvalue weighted by Crippen LogP contribution is -2.30. The molecule has 0 saturated heterocycles. The minimum Gasteiger partial charge on any atom is -0.495 e. The Kier molecular flexibility index (Phi) is 4.48. The minimum absolute atomic E-state index is 0.0718. The fraction of sp³-hybridized carbons (Fsp3) is 0.235. The molecule has 0 aromatic heterocycles. The quantitative estimate of drug-likeness (QED) is 0.877. The highest BCUT2D eigenvalue weighted by Crippen LogP contribution is 2.24. The number of nitrogen functional groups attached to an aromatic ring is 1. The molecule has 21 heavy (non-hydrogen) atoms. The first-order chi connectivity index (χ1) is 10.1. The van der Waals surface area contributed by atoms with E-state index in [-0.39, 0.29) is 5.91 Å². The van der Waals surface area contributed by atoms with Crippen LogP contribution < -0.4 is 15.4 Å². The normalized spacial score (nSPS) is 10.2. The molecular formula is C17H20N2O2. The van der Waals surface area contributed by atoms with Gasteiger partial charge in [0.2, 0.25) is 0 Å². The van der Waals surface area contributed by atoms with Gasteiger partial charge in [-0.1, -0.05) is 12.1 Å². The van der Waals surface area contributed by atoms with Crippen molar-refractivity contribution in [2.45, 2.75) is 13.8 Å². The zero-order valence-electron chi connectivity index (χ0n) is 12.6. The van der Waals surface area contributed by atoms with Gasteiger partial charge in [-0.25, -0.2) is 0 Å². The lowest BCUT2D eigenvalue weighted by molar-refractivity contribution is 0.0988. The van der Waals surface area contributed by atoms with Crippen molar-refractivity contribution in [1.29, 1.82) is 0 Å². The van der Waals surface area contributed by atoms with Crippen LogP contribution in [0.15, 0.2) is 42.5 Å². The van der Waals surface area contributed by atoms with Gasteiger partial charge in [-0.05, 0) is 49.7 Å². The van der Waals surface area contributed by atoms with Crippen molar-refractivity contribution in [1.82, 2.24) is 0 Å². The molecule has 0 saturated carbocycles. The van der Waals surface area contributed by atoms with Gasteiger partial charge in [0.1, 0.15) is 5.75 Å². The second kappa shape index (κ2) is 6.31. The Morgan fingerprint density at radius 2 is 2.00 bits per heavy atom. The number of anilines is 2. The van der Waals surface area contributed by atoms with Gasteiger partial charge in [-0.3, -0.25) is 4.79 Å². The summed E-state index contributed by atoms with van der Waals surface area (Å²) in [6, 6.07) is 13.0. The molecule has 2 rings (SSSR count). The Morgan fingerprint density at radius 3 is 2.57 bits per heavy atom. The molecule has 0 bridgehead atoms. The number of nitrogens with two attached hydrogens (primary N) is 1. The summed E-state index contributed by atoms with van der Waals surface area (Å²) in [4.78, 5) is 14.4. The summed E-state index contributed by atoms with van der Waals surface area (Å²) in [6.45, 7) is 4.55. The van der Waals surface area contributed by atoms with Crippen LogP contribution in [0.25, 0.3) is 0 Å². The van der Waals surface area contributed by atoms with Crippen molar-refractivity contribution in [2.24, 2.45) is 0 Å². The smallest absolute Gasteiger partial charge is 0.258 e. The number of amides is 1. The van der Waals surface area contributed by atoms with Crippen LogP contribution in [-0.2, 0) is 0 Å². The van der Waals surface area contributed by atoms with E-state index in [4.69, 9.17) is 10.5 Å². The molecule has 0 radical (unpaired) electrons. The third-order valence-electron chi connectivity index (χ3n) is 3.35. The molecule has 0 aliphatic heterocycles. The second-order valence-corrected chi connectivity index (χ2v) is 4.85. The van der Waals surface area contributed by atoms with Gasteiger partial charge in [0.05, 0.1) is 12.8 Å². The van der Waals surface area contributed by atoms with Gasteiger partial charge < -0.3 is 15.4 Å². The highest BCUT2D eigenvalue weighted by Gasteiger charge is 2.17. The van der Waals surface area contributed by atoms with Gasteiger partial charge in [0, 0.05) is 17.8 Å². The Hall–Kier alpha value is -2.49. The molecule has 0 aliphatic carbocycles. The van der Waals surface area contributed by atoms with E-state index in [0.717, 1.165) is 11.3 Å². The summed E-state index contributed by atoms with van der Waals surface area (Å²) < 4.78 is 5.12. The zero-order valence-corrected chi connectivity index (χ0v) is 12.6. The Labute approximate surface area is 125 Å². The van der Waals surface area contributed by atoms with Crippen molar-refractivity contribution in [3.63, 3.8) is 0 Å². The molecule has 110 valence electrons. The van der Waals surface area contributed by atoms with E-state index in [1.165, 1.54) is 0 Å². The first-order valence-electron chi connectivity index (χ1n) is 6.89. The average Bonchev–Trinajstić information content (AvgIpc) is 2.48. The molecule has 2 aromatic rings. The predicted molar refractivity (Wildman–Crippen MR) is 85.9 cm³/mol. The molecule has 0 heterocycles. The maximum Gasteiger partial charge on any atom is 0.258 e. The fourth-order valence-electron chi connectivity index (χ4n) is 2.26. The standard InChI is InChI=1S/C17H20N2O2/c1-4-19(14-7-5-6-12(2)10-14)17(20)13-8-9-16(21-3)15(18)11-13/h5-11H,4,18H2,1-3H3. The zero-order chi connectivity index (χ0) is 15.4. The third-order valence-corrected chi connectivity index (χ3v) is 3.35. The molecule has 0 unspecified atom stereocenters. The summed E-state index contributed by atoms with van der Waals surface area (Å²) in [6.07, 6.45) is 0. The number of aryl methyl sites for hydroxylation is 1. The molecule has 0 aliphatic rings. The highest BCUT2D eigenvalue weighted by atomic mass is 16.5. The van der Waals surface area contributed by atoms with Crippen LogP contribution in [0.3, 0.4) is 0 Å². The summed E-state index contributed by atoms with van der Waals surface area (Å²) in [5.74, 6) is 0.502. The van der Waals surface area contributed by atoms with E-state index in [9.17, 15) is 4.79 Å². The van der Waals surface area contributed by atoms with E-state index in [2.05, 4.69) is 0 Å². The SMILES string of the molecule is CCN(C(=O)c1ccc(OC)c(N)c1)c1cccc(C)c1. The van der Waals surface area contributed by atoms with Gasteiger partial charge in [-0.2, -0.15) is 0 Å². The number of hydrogen-bond acceptors (Lipinski definition) is 3. The summed E-state index contributed by atoms with van der Waals surface area (Å²) in [5.41, 5.74) is 8.90. The molecule has 1 amide bonds. The predicted octanol–water partition coefficient (Wildman–Crippen LogP) is 3.25. The van der Waals surface area contributed by atoms with Crippen LogP contribution in [0.4, 0.5) is 11.4 Å². The average molecular weight is 284 g/mol. The van der Waals surface area contributed by atoms with Crippen LogP contribution in [0.2, 0.25) is 0 Å². The Morgan fingerprint density at radius 1 is 1.24 bits per heavy atom. The molecule has 2 N–H and O–H groups in total. The van der Waals surface area contributed by atoms with E-state index in [1.807, 2.05) is 38.1 Å². The third kappa shape index (κ3) is 3.16. The summed E-state index contributed by atoms with van der Waals surface area (Å²) in [7, 11) is 1.55. The second-order valence-electron chi connectivity index (χ2n) is 4.85. The topological polar surface area (TPSA) is 55.6 Å². The van der Waals surface area contributed by atoms with Gasteiger partial charge in [0.25, 0.3) is 5.91 Å². The Balaban J connectivity index is 2.34. The van der Waals surface area contributed by atoms with Crippen LogP contribution in [-0.4, -0.2) is 19.6 Å². The van der Waals surface area contributed by atoms with Crippen LogP contribution in [0.5, 0.6) is 5.75 Å². The van der Waals surface area contributed by atoms with E-state index < -0.39 is 0 Å². The molecule has 0 atom stereocenters. The first kappa shape index (κ1) is 14.9. The summed E-state index contributed by atoms with van der Waals surface area (Å²) in [5, 5.41) is 0. The molecule has 4 heteroatoms. The van der Waals surface area contributed by atoms with Gasteiger partial charge >= 0.3 is 0 Å². The molecule has 0 spiro atoms. The van der Waals surface area contributed by atoms with Crippen molar-refractivity contribution in [3.05, 3.63) is 53.6 Å². The van der Waals surface area contributed by atoms with Gasteiger partial charge in [0.15, 0.2) is 0 Å². The van der Waals surface area contributed by atoms with Crippen molar-refractivity contribution in [3.8, 4) is 5.75 Å². The van der Waals surface area contributed by atoms with Crippen molar-refractivity contribution in [2.75, 3.05) is 24.3 Å². The minimum atomic E-state index is -0.0718. The number of nitrogens with zero attached hydrogens (tertiary/aromatic N) is 1. The Bertz CT molecular complexity index is 653. The van der Waals surface area contributed by atoms with E-state index in [1.54, 1.807) is 30.2 Å². The van der Waals surface area contributed by atoms with Crippen molar-refractivity contribution < 1.29 is 9.53 Å². The fourth-order valence-corrected chi connectivity index (χ4v) is 2.26. The van der Waals surface area contributed by atoms with Crippen molar-refractivity contribution >= 4 is 17.3 Å². The van der Waals surface area contributed by atoms with E-state index in [0.29, 0.717) is 23.5 Å². The number of hydrogen-bond donors (Lipinski definition) is 1. The lowest BCUT2D eigenvalue weighted by Gasteiger charge is -2.22. The number of rotatable bonds is 4. The number of carbonyl (C=O) groups is 1. The van der Waals surface area contributed by atoms with Crippen LogP contribution >= 0.6 is 0 Å².